The summed E-state index contributed by atoms with van der Waals surface area (Å²) in [4.78, 5) is 20.5. The summed E-state index contributed by atoms with van der Waals surface area (Å²) in [6.45, 7) is -0.948. The molecule has 0 saturated carbocycles. The van der Waals surface area contributed by atoms with Gasteiger partial charge in [-0.25, -0.2) is 0 Å². The molecule has 1 unspecified atom stereocenters. The van der Waals surface area contributed by atoms with Crippen molar-refractivity contribution in [3.05, 3.63) is 5.53 Å². The molecule has 0 spiro atoms. The molecule has 0 aliphatic heterocycles. The summed E-state index contributed by atoms with van der Waals surface area (Å²) in [5.41, 5.74) is 12.9. The Morgan fingerprint density at radius 3 is 2.67 bits per heavy atom. The Balaban J connectivity index is 3.60. The molecule has 7 heteroatoms. The Hall–Kier alpha value is -1.50. The Morgan fingerprint density at radius 1 is 1.67 bits per heavy atom. The van der Waals surface area contributed by atoms with Crippen LogP contribution in [-0.4, -0.2) is 36.2 Å². The lowest BCUT2D eigenvalue weighted by atomic mass is 10.3. The lowest BCUT2D eigenvalue weighted by Crippen LogP contribution is -2.36. The zero-order valence-electron chi connectivity index (χ0n) is 6.14. The molecule has 0 rings (SSSR count). The highest BCUT2D eigenvalue weighted by Crippen LogP contribution is 1.84. The van der Waals surface area contributed by atoms with Gasteiger partial charge in [0.15, 0.2) is 0 Å². The van der Waals surface area contributed by atoms with Crippen molar-refractivity contribution in [1.29, 1.82) is 0 Å². The van der Waals surface area contributed by atoms with Gasteiger partial charge in [-0.05, 0) is 0 Å². The molecule has 68 valence electrons. The summed E-state index contributed by atoms with van der Waals surface area (Å²) in [6.07, 6.45) is 0. The number of carbonyl (C=O) groups is 2. The molecule has 0 aromatic carbocycles. The third-order valence-corrected chi connectivity index (χ3v) is 0.941. The van der Waals surface area contributed by atoms with Crippen molar-refractivity contribution in [2.75, 3.05) is 13.2 Å². The van der Waals surface area contributed by atoms with E-state index in [1.54, 1.807) is 0 Å². The highest BCUT2D eigenvalue weighted by atomic mass is 16.5. The molecule has 0 aliphatic carbocycles. The number of ether oxygens (including phenoxy) is 1. The number of aliphatic carboxylic acids is 1. The van der Waals surface area contributed by atoms with Gasteiger partial charge >= 0.3 is 11.9 Å². The Kier molecular flexibility index (Phi) is 4.54. The molecule has 0 aliphatic rings. The maximum absolute atomic E-state index is 10.4. The highest BCUT2D eigenvalue weighted by molar-refractivity contribution is 5.75. The largest absolute Gasteiger partial charge is 0.711 e. The number of hydrogen-bond donors (Lipinski definition) is 2. The molecule has 0 fully saturated rings. The second-order valence-electron chi connectivity index (χ2n) is 1.93. The zero-order chi connectivity index (χ0) is 9.56. The molecule has 0 saturated heterocycles. The van der Waals surface area contributed by atoms with Crippen molar-refractivity contribution in [2.45, 2.75) is 6.04 Å². The van der Waals surface area contributed by atoms with Crippen LogP contribution in [0.15, 0.2) is 5.11 Å². The third kappa shape index (κ3) is 4.34. The van der Waals surface area contributed by atoms with Crippen LogP contribution in [0.2, 0.25) is 0 Å². The molecule has 0 bridgehead atoms. The number of nitrogens with two attached hydrogens (primary N) is 1. The molecule has 0 amide bonds. The number of esters is 1. The number of carboxylic acid groups (broad SMARTS) is 1. The number of nitrogens with zero attached hydrogens (tertiary/aromatic N) is 2. The molecular weight excluding hydrogens is 166 g/mol. The summed E-state index contributed by atoms with van der Waals surface area (Å²) in [6, 6.07) is -1.24. The molecule has 0 aromatic heterocycles. The first kappa shape index (κ1) is 10.5. The Bertz CT molecular complexity index is 193. The third-order valence-electron chi connectivity index (χ3n) is 0.941. The van der Waals surface area contributed by atoms with E-state index in [0.29, 0.717) is 0 Å². The van der Waals surface area contributed by atoms with Crippen molar-refractivity contribution in [2.24, 2.45) is 10.8 Å². The van der Waals surface area contributed by atoms with Gasteiger partial charge in [-0.2, -0.15) is 0 Å². The second kappa shape index (κ2) is 5.19. The highest BCUT2D eigenvalue weighted by Gasteiger charge is 2.13. The number of rotatable bonds is 5. The van der Waals surface area contributed by atoms with Gasteiger partial charge in [-0.1, -0.05) is 0 Å². The van der Waals surface area contributed by atoms with E-state index in [1.165, 1.54) is 0 Å². The first-order chi connectivity index (χ1) is 5.57. The van der Waals surface area contributed by atoms with Crippen LogP contribution in [0.1, 0.15) is 0 Å². The van der Waals surface area contributed by atoms with Crippen LogP contribution in [0.4, 0.5) is 0 Å². The monoisotopic (exact) mass is 174 g/mol. The fourth-order valence-corrected chi connectivity index (χ4v) is 0.357. The van der Waals surface area contributed by atoms with Crippen LogP contribution in [0.3, 0.4) is 0 Å². The zero-order valence-corrected chi connectivity index (χ0v) is 6.14. The van der Waals surface area contributed by atoms with Crippen LogP contribution in [0.25, 0.3) is 5.53 Å². The molecule has 0 radical (unpaired) electrons. The standard InChI is InChI=1S/C5H8N3O4/c6-3(5(10)11)2-12-4(9)1-8-7/h3H,1-2,6H2,(H,10,11)/q-1. The minimum absolute atomic E-state index is 0.427. The maximum Gasteiger partial charge on any atom is 0.325 e. The van der Waals surface area contributed by atoms with Crippen LogP contribution >= 0.6 is 0 Å². The summed E-state index contributed by atoms with van der Waals surface area (Å²) in [7, 11) is 0. The molecule has 0 aromatic rings. The van der Waals surface area contributed by atoms with Crippen LogP contribution in [-0.2, 0) is 14.3 Å². The smallest absolute Gasteiger partial charge is 0.325 e. The maximum atomic E-state index is 10.4. The van der Waals surface area contributed by atoms with E-state index >= 15 is 0 Å². The van der Waals surface area contributed by atoms with Crippen molar-refractivity contribution in [3.63, 3.8) is 0 Å². The van der Waals surface area contributed by atoms with E-state index in [0.717, 1.165) is 0 Å². The summed E-state index contributed by atoms with van der Waals surface area (Å²) in [5.74, 6) is -2.09. The molecule has 3 N–H and O–H groups in total. The van der Waals surface area contributed by atoms with Crippen LogP contribution in [0.5, 0.6) is 0 Å². The van der Waals surface area contributed by atoms with E-state index < -0.39 is 31.1 Å². The van der Waals surface area contributed by atoms with Gasteiger partial charge in [-0.15, -0.1) is 0 Å². The predicted octanol–water partition coefficient (Wildman–Crippen LogP) is -1.04. The lowest BCUT2D eigenvalue weighted by Gasteiger charge is -2.06. The van der Waals surface area contributed by atoms with Gasteiger partial charge in [-0.3, -0.25) is 9.59 Å². The molecule has 1 atom stereocenters. The van der Waals surface area contributed by atoms with Gasteiger partial charge in [0.25, 0.3) is 0 Å². The van der Waals surface area contributed by atoms with Crippen molar-refractivity contribution < 1.29 is 19.4 Å². The topological polar surface area (TPSA) is 124 Å². The van der Waals surface area contributed by atoms with E-state index in [1.807, 2.05) is 0 Å². The molecule has 0 heterocycles. The first-order valence-electron chi connectivity index (χ1n) is 3.02. The molecule has 7 nitrogen and oxygen atoms in total. The molecular formula is C5H8N3O4-. The second-order valence-corrected chi connectivity index (χ2v) is 1.93. The van der Waals surface area contributed by atoms with E-state index in [9.17, 15) is 9.59 Å². The van der Waals surface area contributed by atoms with Gasteiger partial charge < -0.3 is 26.2 Å². The van der Waals surface area contributed by atoms with Crippen molar-refractivity contribution in [3.8, 4) is 0 Å². The summed E-state index contributed by atoms with van der Waals surface area (Å²) < 4.78 is 4.31. The predicted molar refractivity (Wildman–Crippen MR) is 37.2 cm³/mol. The molecule has 12 heavy (non-hydrogen) atoms. The van der Waals surface area contributed by atoms with Crippen molar-refractivity contribution >= 4 is 11.9 Å². The van der Waals surface area contributed by atoms with Gasteiger partial charge in [0.05, 0.1) is 0 Å². The van der Waals surface area contributed by atoms with E-state index in [2.05, 4.69) is 9.85 Å². The Morgan fingerprint density at radius 2 is 2.25 bits per heavy atom. The summed E-state index contributed by atoms with van der Waals surface area (Å²) >= 11 is 0. The van der Waals surface area contributed by atoms with E-state index in [-0.39, 0.29) is 0 Å². The number of carboxylic acids is 1. The van der Waals surface area contributed by atoms with Crippen LogP contribution < -0.4 is 5.73 Å². The van der Waals surface area contributed by atoms with Gasteiger partial charge in [0, 0.05) is 0 Å². The van der Waals surface area contributed by atoms with Gasteiger partial charge in [0.2, 0.25) is 0 Å². The average molecular weight is 174 g/mol. The van der Waals surface area contributed by atoms with Gasteiger partial charge in [0.1, 0.15) is 19.2 Å². The summed E-state index contributed by atoms with van der Waals surface area (Å²) in [5, 5.41) is 10.7. The number of hydrogen-bond acceptors (Lipinski definition) is 5. The SMILES string of the molecule is [N-]=NCC(=O)OCC(N)C(=O)O. The van der Waals surface area contributed by atoms with Crippen molar-refractivity contribution in [1.82, 2.24) is 0 Å². The minimum atomic E-state index is -1.26. The minimum Gasteiger partial charge on any atom is -0.711 e. The fraction of sp³-hybridized carbons (Fsp3) is 0.600. The normalized spacial score (nSPS) is 11.8. The Labute approximate surface area is 68.0 Å². The first-order valence-corrected chi connectivity index (χ1v) is 3.02. The van der Waals surface area contributed by atoms with Crippen LogP contribution in [0, 0.1) is 0 Å². The quantitative estimate of drug-likeness (QED) is 0.407. The average Bonchev–Trinajstić information content (AvgIpc) is 2.00. The number of carbonyl (C=O) groups excluding carboxylic acids is 1. The van der Waals surface area contributed by atoms with E-state index in [4.69, 9.17) is 16.4 Å². The lowest BCUT2D eigenvalue weighted by molar-refractivity contribution is -0.146. The fourth-order valence-electron chi connectivity index (χ4n) is 0.357.